The van der Waals surface area contributed by atoms with E-state index in [1.165, 1.54) is 23.1 Å². The van der Waals surface area contributed by atoms with Crippen LogP contribution in [0, 0.1) is 6.92 Å². The second-order valence-electron chi connectivity index (χ2n) is 8.74. The van der Waals surface area contributed by atoms with Crippen molar-refractivity contribution < 1.29 is 14.2 Å². The molecule has 2 aliphatic heterocycles. The second-order valence-corrected chi connectivity index (χ2v) is 9.45. The van der Waals surface area contributed by atoms with Crippen LogP contribution in [0.2, 0.25) is 0 Å². The molecule has 1 aromatic heterocycles. The lowest BCUT2D eigenvalue weighted by atomic mass is 10.1. The van der Waals surface area contributed by atoms with E-state index in [0.717, 1.165) is 61.1 Å². The van der Waals surface area contributed by atoms with Crippen molar-refractivity contribution in [1.82, 2.24) is 9.55 Å². The number of nitrogens with zero attached hydrogens (tertiary/aromatic N) is 3. The molecule has 1 atom stereocenters. The minimum absolute atomic E-state index is 0.000754. The molecule has 2 fully saturated rings. The Labute approximate surface area is 210 Å². The van der Waals surface area contributed by atoms with Gasteiger partial charge in [0.05, 0.1) is 30.7 Å². The fourth-order valence-electron chi connectivity index (χ4n) is 4.40. The number of benzene rings is 2. The van der Waals surface area contributed by atoms with Crippen LogP contribution in [-0.2, 0) is 27.2 Å². The minimum Gasteiger partial charge on any atom is -0.388 e. The molecule has 2 saturated heterocycles. The van der Waals surface area contributed by atoms with Crippen LogP contribution in [-0.4, -0.2) is 56.7 Å². The number of anilines is 1. The third kappa shape index (κ3) is 5.87. The lowest BCUT2D eigenvalue weighted by Gasteiger charge is -2.30. The SMILES string of the molecule is COC.Cc1cc(SN)ccc1CCn1c(C2CCO2)nc2cc(N3CCOCC3)ccc2c1=O. The lowest BCUT2D eigenvalue weighted by Crippen LogP contribution is -2.36. The van der Waals surface area contributed by atoms with E-state index in [9.17, 15) is 4.79 Å². The fourth-order valence-corrected chi connectivity index (χ4v) is 4.79. The monoisotopic (exact) mass is 498 g/mol. The normalized spacial score (nSPS) is 17.6. The zero-order valence-electron chi connectivity index (χ0n) is 20.7. The number of aryl methyl sites for hydroxylation is 2. The number of hydrogen-bond donors (Lipinski definition) is 1. The number of morpholine rings is 1. The lowest BCUT2D eigenvalue weighted by molar-refractivity contribution is -0.0604. The first kappa shape index (κ1) is 25.7. The minimum atomic E-state index is -0.115. The summed E-state index contributed by atoms with van der Waals surface area (Å²) in [7, 11) is 3.25. The molecule has 0 aliphatic carbocycles. The van der Waals surface area contributed by atoms with E-state index in [0.29, 0.717) is 18.5 Å². The van der Waals surface area contributed by atoms with Crippen molar-refractivity contribution in [3.8, 4) is 0 Å². The summed E-state index contributed by atoms with van der Waals surface area (Å²) in [5, 5.41) is 6.33. The molecule has 2 aliphatic rings. The van der Waals surface area contributed by atoms with Gasteiger partial charge in [0.2, 0.25) is 0 Å². The maximum Gasteiger partial charge on any atom is 0.261 e. The van der Waals surface area contributed by atoms with Crippen LogP contribution in [0.15, 0.2) is 46.1 Å². The van der Waals surface area contributed by atoms with Crippen LogP contribution in [0.3, 0.4) is 0 Å². The van der Waals surface area contributed by atoms with Gasteiger partial charge < -0.3 is 19.1 Å². The van der Waals surface area contributed by atoms with Crippen LogP contribution in [0.25, 0.3) is 10.9 Å². The average molecular weight is 499 g/mol. The smallest absolute Gasteiger partial charge is 0.261 e. The van der Waals surface area contributed by atoms with Crippen molar-refractivity contribution in [3.63, 3.8) is 0 Å². The molecular weight excluding hydrogens is 464 g/mol. The van der Waals surface area contributed by atoms with Crippen molar-refractivity contribution in [2.75, 3.05) is 52.0 Å². The van der Waals surface area contributed by atoms with Crippen molar-refractivity contribution in [2.45, 2.75) is 37.3 Å². The topological polar surface area (TPSA) is 91.8 Å². The van der Waals surface area contributed by atoms with Crippen LogP contribution in [0.4, 0.5) is 5.69 Å². The standard InChI is InChI=1S/C24H28N4O3S.C2H6O/c1-16-14-19(32-25)4-2-17(16)6-8-28-23(22-7-11-31-22)26-21-15-18(3-5-20(21)24(28)29)27-9-12-30-13-10-27;1-3-2/h2-5,14-15,22H,6-13,25H2,1H3;1-2H3. The summed E-state index contributed by atoms with van der Waals surface area (Å²) >= 11 is 1.25. The van der Waals surface area contributed by atoms with Crippen LogP contribution in [0.5, 0.6) is 0 Å². The molecule has 0 bridgehead atoms. The molecule has 0 saturated carbocycles. The summed E-state index contributed by atoms with van der Waals surface area (Å²) in [6.45, 7) is 6.50. The average Bonchev–Trinajstić information content (AvgIpc) is 2.84. The second kappa shape index (κ2) is 12.0. The van der Waals surface area contributed by atoms with E-state index in [1.54, 1.807) is 14.2 Å². The number of fused-ring (bicyclic) bond motifs is 1. The molecule has 3 heterocycles. The first-order valence-electron chi connectivity index (χ1n) is 11.9. The van der Waals surface area contributed by atoms with Crippen LogP contribution in [0.1, 0.15) is 29.5 Å². The van der Waals surface area contributed by atoms with Gasteiger partial charge in [-0.2, -0.15) is 0 Å². The number of nitrogens with two attached hydrogens (primary N) is 1. The Kier molecular flexibility index (Phi) is 8.80. The summed E-state index contributed by atoms with van der Waals surface area (Å²) in [5.74, 6) is 0.736. The highest BCUT2D eigenvalue weighted by Crippen LogP contribution is 2.29. The van der Waals surface area contributed by atoms with E-state index < -0.39 is 0 Å². The molecule has 188 valence electrons. The summed E-state index contributed by atoms with van der Waals surface area (Å²) < 4.78 is 17.3. The van der Waals surface area contributed by atoms with Crippen molar-refractivity contribution >= 4 is 28.5 Å². The van der Waals surface area contributed by atoms with E-state index in [4.69, 9.17) is 19.6 Å². The molecule has 9 heteroatoms. The quantitative estimate of drug-likeness (QED) is 0.517. The number of methoxy groups -OCH3 is 1. The zero-order valence-corrected chi connectivity index (χ0v) is 21.5. The maximum atomic E-state index is 13.5. The van der Waals surface area contributed by atoms with Gasteiger partial charge in [0.15, 0.2) is 0 Å². The predicted molar refractivity (Wildman–Crippen MR) is 140 cm³/mol. The van der Waals surface area contributed by atoms with Crippen molar-refractivity contribution in [2.24, 2.45) is 5.14 Å². The molecular formula is C26H34N4O4S. The summed E-state index contributed by atoms with van der Waals surface area (Å²) in [6.07, 6.45) is 1.53. The third-order valence-corrected chi connectivity index (χ3v) is 6.91. The Hall–Kier alpha value is -2.43. The van der Waals surface area contributed by atoms with E-state index in [1.807, 2.05) is 28.8 Å². The Balaban J connectivity index is 0.000000917. The van der Waals surface area contributed by atoms with E-state index in [2.05, 4.69) is 28.7 Å². The summed E-state index contributed by atoms with van der Waals surface area (Å²) in [5.41, 5.74) is 4.21. The number of hydrogen-bond acceptors (Lipinski definition) is 8. The highest BCUT2D eigenvalue weighted by molar-refractivity contribution is 7.97. The van der Waals surface area contributed by atoms with Gasteiger partial charge in [-0.25, -0.2) is 4.98 Å². The third-order valence-electron chi connectivity index (χ3n) is 6.39. The summed E-state index contributed by atoms with van der Waals surface area (Å²) in [6, 6.07) is 12.2. The summed E-state index contributed by atoms with van der Waals surface area (Å²) in [4.78, 5) is 21.8. The Morgan fingerprint density at radius 1 is 1.14 bits per heavy atom. The molecule has 2 aromatic carbocycles. The predicted octanol–water partition coefficient (Wildman–Crippen LogP) is 3.47. The molecule has 2 N–H and O–H groups in total. The number of ether oxygens (including phenoxy) is 3. The molecule has 1 unspecified atom stereocenters. The Bertz CT molecular complexity index is 1210. The van der Waals surface area contributed by atoms with Crippen LogP contribution >= 0.6 is 11.9 Å². The molecule has 3 aromatic rings. The number of aromatic nitrogens is 2. The first-order chi connectivity index (χ1) is 17.0. The van der Waals surface area contributed by atoms with Gasteiger partial charge in [-0.3, -0.25) is 14.5 Å². The Morgan fingerprint density at radius 2 is 1.89 bits per heavy atom. The molecule has 5 rings (SSSR count). The van der Waals surface area contributed by atoms with E-state index >= 15 is 0 Å². The molecule has 0 amide bonds. The van der Waals surface area contributed by atoms with Gasteiger partial charge in [-0.15, -0.1) is 0 Å². The first-order valence-corrected chi connectivity index (χ1v) is 12.8. The highest BCUT2D eigenvalue weighted by Gasteiger charge is 2.27. The van der Waals surface area contributed by atoms with Gasteiger partial charge in [-0.1, -0.05) is 6.07 Å². The molecule has 35 heavy (non-hydrogen) atoms. The van der Waals surface area contributed by atoms with Gasteiger partial charge in [0.25, 0.3) is 5.56 Å². The Morgan fingerprint density at radius 3 is 2.51 bits per heavy atom. The van der Waals surface area contributed by atoms with Gasteiger partial charge in [-0.05, 0) is 66.8 Å². The number of rotatable bonds is 6. The molecule has 0 spiro atoms. The van der Waals surface area contributed by atoms with E-state index in [-0.39, 0.29) is 11.7 Å². The molecule has 0 radical (unpaired) electrons. The van der Waals surface area contributed by atoms with Gasteiger partial charge in [0, 0.05) is 50.9 Å². The molecule has 8 nitrogen and oxygen atoms in total. The van der Waals surface area contributed by atoms with Crippen LogP contribution < -0.4 is 15.6 Å². The van der Waals surface area contributed by atoms with Crippen molar-refractivity contribution in [3.05, 3.63) is 63.7 Å². The largest absolute Gasteiger partial charge is 0.388 e. The van der Waals surface area contributed by atoms with Gasteiger partial charge in [0.1, 0.15) is 11.9 Å². The highest BCUT2D eigenvalue weighted by atomic mass is 32.2. The maximum absolute atomic E-state index is 13.5. The van der Waals surface area contributed by atoms with Gasteiger partial charge >= 0.3 is 0 Å². The van der Waals surface area contributed by atoms with Crippen molar-refractivity contribution in [1.29, 1.82) is 0 Å². The zero-order chi connectivity index (χ0) is 24.8. The fraction of sp³-hybridized carbons (Fsp3) is 0.462.